The van der Waals surface area contributed by atoms with E-state index in [1.807, 2.05) is 0 Å². The number of nitrogens with zero attached hydrogens (tertiary/aromatic N) is 1. The number of hydrogen-bond acceptors (Lipinski definition) is 6. The van der Waals surface area contributed by atoms with Crippen LogP contribution in [-0.2, 0) is 31.0 Å². The van der Waals surface area contributed by atoms with Gasteiger partial charge in [0.15, 0.2) is 12.0 Å². The number of hydrogen-bond donors (Lipinski definition) is 4. The maximum absolute atomic E-state index is 10.3. The van der Waals surface area contributed by atoms with Gasteiger partial charge in [-0.3, -0.25) is 4.99 Å². The molecule has 1 atom stereocenters. The van der Waals surface area contributed by atoms with E-state index in [0.717, 1.165) is 0 Å². The van der Waals surface area contributed by atoms with Crippen LogP contribution in [0, 0.1) is 0 Å². The Labute approximate surface area is 99.8 Å². The standard InChI is InChI=1S/C6H14N4O2.4O.Re/c7-4(5(11)12)2-1-3-10-6(8)9;;;;;/h4H,1-3,7H2,(H,11,12)(H4,8,9,10);;;;;/q;;;;-1;/p+1/t4-;;;;;/m0...../s1. The molecule has 0 aromatic rings. The van der Waals surface area contributed by atoms with Gasteiger partial charge in [-0.05, 0) is 6.42 Å². The number of guanidine groups is 1. The van der Waals surface area contributed by atoms with E-state index in [9.17, 15) is 4.79 Å². The van der Waals surface area contributed by atoms with Crippen LogP contribution in [0.3, 0.4) is 0 Å². The Morgan fingerprint density at radius 2 is 1.82 bits per heavy atom. The van der Waals surface area contributed by atoms with Gasteiger partial charge in [-0.15, -0.1) is 0 Å². The van der Waals surface area contributed by atoms with Gasteiger partial charge in [-0.25, -0.2) is 4.79 Å². The van der Waals surface area contributed by atoms with Gasteiger partial charge in [0.25, 0.3) is 0 Å². The molecule has 0 aliphatic carbocycles. The van der Waals surface area contributed by atoms with Crippen LogP contribution >= 0.6 is 0 Å². The molecule has 0 spiro atoms. The SMILES string of the molecule is NC(N)=NCCC[C@H]([NH3+])C(=O)O.[O]=[Re](=[O])(=[O])[O-]. The van der Waals surface area contributed by atoms with Crippen LogP contribution in [0.2, 0.25) is 0 Å². The zero-order valence-corrected chi connectivity index (χ0v) is 11.6. The molecule has 0 saturated heterocycles. The Kier molecular flexibility index (Phi) is 9.40. The minimum absolute atomic E-state index is 0.0333. The molecule has 0 aliphatic rings. The van der Waals surface area contributed by atoms with Crippen molar-refractivity contribution >= 4 is 11.9 Å². The first-order valence-corrected chi connectivity index (χ1v) is 8.70. The van der Waals surface area contributed by atoms with Crippen LogP contribution in [0.4, 0.5) is 0 Å². The Balaban J connectivity index is 0. The first kappa shape index (κ1) is 18.1. The molecule has 0 saturated carbocycles. The van der Waals surface area contributed by atoms with E-state index >= 15 is 0 Å². The van der Waals surface area contributed by atoms with Crippen molar-refractivity contribution in [3.8, 4) is 0 Å². The molecule has 0 aromatic carbocycles. The zero-order valence-electron chi connectivity index (χ0n) is 8.87. The van der Waals surface area contributed by atoms with Crippen molar-refractivity contribution in [2.24, 2.45) is 16.5 Å². The molecule has 10 nitrogen and oxygen atoms in total. The summed E-state index contributed by atoms with van der Waals surface area (Å²) in [4.78, 5) is 14.0. The molecule has 17 heavy (non-hydrogen) atoms. The van der Waals surface area contributed by atoms with Crippen LogP contribution in [0.15, 0.2) is 4.99 Å². The summed E-state index contributed by atoms with van der Waals surface area (Å²) in [7, 11) is 0. The molecule has 0 amide bonds. The fourth-order valence-corrected chi connectivity index (χ4v) is 0.669. The topological polar surface area (TPSA) is 204 Å². The summed E-state index contributed by atoms with van der Waals surface area (Å²) in [5.41, 5.74) is 13.6. The second-order valence-corrected chi connectivity index (χ2v) is 5.58. The third kappa shape index (κ3) is 25.2. The predicted octanol–water partition coefficient (Wildman–Crippen LogP) is -3.81. The maximum atomic E-state index is 10.3. The Morgan fingerprint density at radius 3 is 2.12 bits per heavy atom. The quantitative estimate of drug-likeness (QED) is 0.195. The van der Waals surface area contributed by atoms with Gasteiger partial charge < -0.3 is 22.3 Å². The van der Waals surface area contributed by atoms with Crippen LogP contribution in [0.5, 0.6) is 0 Å². The van der Waals surface area contributed by atoms with Crippen molar-refractivity contribution in [1.82, 2.24) is 0 Å². The monoisotopic (exact) mass is 426 g/mol. The van der Waals surface area contributed by atoms with Gasteiger partial charge in [-0.1, -0.05) is 0 Å². The Bertz CT molecular complexity index is 393. The van der Waals surface area contributed by atoms with Crippen molar-refractivity contribution in [1.29, 1.82) is 0 Å². The summed E-state index contributed by atoms with van der Waals surface area (Å²) in [6.07, 6.45) is 1.13. The summed E-state index contributed by atoms with van der Waals surface area (Å²) in [6, 6.07) is -0.570. The number of carbonyl (C=O) groups is 1. The number of carboxylic acid groups (broad SMARTS) is 1. The van der Waals surface area contributed by atoms with Gasteiger partial charge in [0.2, 0.25) is 0 Å². The van der Waals surface area contributed by atoms with Gasteiger partial charge in [0, 0.05) is 13.0 Å². The molecule has 0 aromatic heterocycles. The number of aliphatic carboxylic acids is 1. The fraction of sp³-hybridized carbons (Fsp3) is 0.667. The average Bonchev–Trinajstić information content (AvgIpc) is 2.08. The van der Waals surface area contributed by atoms with Gasteiger partial charge in [0.05, 0.1) is 0 Å². The summed E-state index contributed by atoms with van der Waals surface area (Å²) < 4.78 is 34.6. The minimum atomic E-state index is -6.11. The molecule has 0 fully saturated rings. The van der Waals surface area contributed by atoms with Gasteiger partial charge in [0.1, 0.15) is 0 Å². The van der Waals surface area contributed by atoms with Crippen molar-refractivity contribution in [2.45, 2.75) is 18.9 Å². The van der Waals surface area contributed by atoms with E-state index in [1.54, 1.807) is 0 Å². The number of rotatable bonds is 5. The van der Waals surface area contributed by atoms with Crippen molar-refractivity contribution < 1.29 is 45.7 Å². The second kappa shape index (κ2) is 8.83. The predicted molar refractivity (Wildman–Crippen MR) is 46.3 cm³/mol. The zero-order chi connectivity index (χ0) is 14.1. The number of quaternary nitrogens is 1. The Hall–Kier alpha value is -1.28. The third-order valence-electron chi connectivity index (χ3n) is 1.35. The first-order valence-electron chi connectivity index (χ1n) is 4.27. The molecule has 102 valence electrons. The van der Waals surface area contributed by atoms with E-state index in [2.05, 4.69) is 10.7 Å². The van der Waals surface area contributed by atoms with Crippen molar-refractivity contribution in [3.63, 3.8) is 0 Å². The van der Waals surface area contributed by atoms with Gasteiger partial charge >= 0.3 is 36.0 Å². The average molecular weight is 425 g/mol. The molecule has 0 aliphatic heterocycles. The molecule has 0 radical (unpaired) electrons. The number of aliphatic imine (C=N–C) groups is 1. The molecule has 0 rings (SSSR count). The molecule has 0 unspecified atom stereocenters. The molecule has 8 N–H and O–H groups in total. The molecular weight excluding hydrogens is 410 g/mol. The van der Waals surface area contributed by atoms with Gasteiger partial charge in [-0.2, -0.15) is 0 Å². The van der Waals surface area contributed by atoms with Crippen molar-refractivity contribution in [2.75, 3.05) is 6.54 Å². The first-order chi connectivity index (χ1) is 7.54. The molecule has 0 bridgehead atoms. The van der Waals surface area contributed by atoms with E-state index < -0.39 is 27.8 Å². The summed E-state index contributed by atoms with van der Waals surface area (Å²) in [5, 5.41) is 8.44. The van der Waals surface area contributed by atoms with Crippen LogP contribution < -0.4 is 21.0 Å². The van der Waals surface area contributed by atoms with E-state index in [1.165, 1.54) is 0 Å². The number of carboxylic acids is 1. The van der Waals surface area contributed by atoms with Crippen LogP contribution in [-0.4, -0.2) is 29.6 Å². The van der Waals surface area contributed by atoms with E-state index in [-0.39, 0.29) is 5.96 Å². The molecule has 0 heterocycles. The Morgan fingerprint density at radius 1 is 1.41 bits per heavy atom. The summed E-state index contributed by atoms with van der Waals surface area (Å²) >= 11 is -6.11. The summed E-state index contributed by atoms with van der Waals surface area (Å²) in [6.45, 7) is 0.460. The van der Waals surface area contributed by atoms with E-state index in [4.69, 9.17) is 30.8 Å². The molecular formula is C6H15N4O6Re. The molecule has 11 heteroatoms. The third-order valence-corrected chi connectivity index (χ3v) is 1.35. The normalized spacial score (nSPS) is 11.9. The fourth-order valence-electron chi connectivity index (χ4n) is 0.669. The van der Waals surface area contributed by atoms with Crippen LogP contribution in [0.1, 0.15) is 12.8 Å². The number of nitrogens with two attached hydrogens (primary N) is 2. The van der Waals surface area contributed by atoms with Crippen LogP contribution in [0.25, 0.3) is 0 Å². The van der Waals surface area contributed by atoms with Crippen molar-refractivity contribution in [3.05, 3.63) is 0 Å². The summed E-state index contributed by atoms with van der Waals surface area (Å²) in [5.74, 6) is -0.856. The second-order valence-electron chi connectivity index (χ2n) is 2.86. The van der Waals surface area contributed by atoms with E-state index in [0.29, 0.717) is 19.4 Å².